The highest BCUT2D eigenvalue weighted by Gasteiger charge is 2.86. The van der Waals surface area contributed by atoms with Crippen LogP contribution in [0.4, 0.5) is 0 Å². The number of carbonyl (C=O) groups excluding carboxylic acids is 10. The molecule has 111 heavy (non-hydrogen) atoms. The highest BCUT2D eigenvalue weighted by molar-refractivity contribution is 6.53. The van der Waals surface area contributed by atoms with Crippen molar-refractivity contribution in [2.75, 3.05) is 6.61 Å². The Morgan fingerprint density at radius 1 is 0.243 bits per heavy atom. The number of carbonyl (C=O) groups is 10. The summed E-state index contributed by atoms with van der Waals surface area (Å²) < 4.78 is 29.0. The molecule has 9 aromatic carbocycles. The summed E-state index contributed by atoms with van der Waals surface area (Å²) in [7, 11) is 0. The fourth-order valence-corrected chi connectivity index (χ4v) is 10.8. The quantitative estimate of drug-likeness (QED) is 0.0109. The van der Waals surface area contributed by atoms with Crippen LogP contribution in [0.5, 0.6) is 155 Å². The molecule has 42 heteroatoms. The average molecular weight is 1550 g/mol. The van der Waals surface area contributed by atoms with Crippen molar-refractivity contribution in [2.24, 2.45) is 0 Å². The number of benzene rings is 9. The molecule has 0 heterocycles. The van der Waals surface area contributed by atoms with E-state index in [-0.39, 0.29) is 109 Å². The SMILES string of the molecule is O=C(OC[C@@H](OC(=O)c1cc(O)c(O)c(O)c1)[C@](OC(=O)c1cc(O)c(O)c(O)c1)(C(=O)c1cc(O)c(O)c(O)c1)[C@@](OC(=O)c1cc(O)c(O)c(O)c1)(C(=O)c1cc(O)c(O)c(O)c1)[C@@](OC(=O)c1cc(O)c(O)c(O)c1)(C(=O)C(=O)c1cc(O)c(O)c(O)c1)C(=O)c1cc(O)c(O)c(O)c1)c1cc(O)c(O)c(O)c1. The van der Waals surface area contributed by atoms with Gasteiger partial charge < -0.3 is 162 Å². The number of ketones is 5. The minimum Gasteiger partial charge on any atom is -0.504 e. The van der Waals surface area contributed by atoms with E-state index in [1.54, 1.807) is 0 Å². The molecular weight excluding hydrogens is 1500 g/mol. The minimum absolute atomic E-state index is 0.0345. The van der Waals surface area contributed by atoms with Crippen molar-refractivity contribution in [1.82, 2.24) is 0 Å². The molecule has 0 aliphatic carbocycles. The molecule has 0 amide bonds. The number of phenols is 27. The molecular formula is C69H48O42. The van der Waals surface area contributed by atoms with Crippen LogP contribution in [-0.4, -0.2) is 226 Å². The third kappa shape index (κ3) is 13.6. The molecule has 0 spiro atoms. The highest BCUT2D eigenvalue weighted by atomic mass is 16.7. The molecule has 9 rings (SSSR count). The maximum atomic E-state index is 18.1. The van der Waals surface area contributed by atoms with E-state index in [1.165, 1.54) is 0 Å². The summed E-state index contributed by atoms with van der Waals surface area (Å²) in [4.78, 5) is 166. The Kier molecular flexibility index (Phi) is 20.3. The van der Waals surface area contributed by atoms with Crippen LogP contribution in [0.15, 0.2) is 109 Å². The van der Waals surface area contributed by atoms with Gasteiger partial charge in [0.05, 0.1) is 27.8 Å². The van der Waals surface area contributed by atoms with Gasteiger partial charge in [0.2, 0.25) is 23.1 Å². The van der Waals surface area contributed by atoms with Gasteiger partial charge in [-0.1, -0.05) is 0 Å². The fourth-order valence-electron chi connectivity index (χ4n) is 10.8. The molecule has 0 saturated heterocycles. The van der Waals surface area contributed by atoms with Crippen molar-refractivity contribution in [1.29, 1.82) is 0 Å². The largest absolute Gasteiger partial charge is 0.504 e. The summed E-state index contributed by atoms with van der Waals surface area (Å²) in [5.74, 6) is -77.9. The Morgan fingerprint density at radius 2 is 0.459 bits per heavy atom. The average Bonchev–Trinajstić information content (AvgIpc) is 0.667. The molecule has 9 aromatic rings. The Bertz CT molecular complexity index is 5330. The van der Waals surface area contributed by atoms with Crippen molar-refractivity contribution in [3.8, 4) is 155 Å². The number of hydrogen-bond donors (Lipinski definition) is 27. The maximum Gasteiger partial charge on any atom is 0.340 e. The highest BCUT2D eigenvalue weighted by Crippen LogP contribution is 2.56. The molecule has 0 aliphatic heterocycles. The van der Waals surface area contributed by atoms with Crippen LogP contribution in [0.25, 0.3) is 0 Å². The molecule has 4 atom stereocenters. The smallest absolute Gasteiger partial charge is 0.340 e. The molecule has 0 saturated carbocycles. The molecule has 0 bridgehead atoms. The van der Waals surface area contributed by atoms with Crippen LogP contribution in [0.3, 0.4) is 0 Å². The van der Waals surface area contributed by atoms with Crippen LogP contribution in [0, 0.1) is 0 Å². The summed E-state index contributed by atoms with van der Waals surface area (Å²) in [5.41, 5.74) is -35.7. The molecule has 0 radical (unpaired) electrons. The van der Waals surface area contributed by atoms with Gasteiger partial charge in [0, 0.05) is 22.3 Å². The zero-order valence-corrected chi connectivity index (χ0v) is 54.4. The van der Waals surface area contributed by atoms with Crippen molar-refractivity contribution < 1.29 is 210 Å². The van der Waals surface area contributed by atoms with Gasteiger partial charge in [-0.3, -0.25) is 24.0 Å². The van der Waals surface area contributed by atoms with Gasteiger partial charge >= 0.3 is 29.8 Å². The second kappa shape index (κ2) is 28.7. The van der Waals surface area contributed by atoms with E-state index in [0.29, 0.717) is 0 Å². The number of phenolic OH excluding ortho intramolecular Hbond substituents is 27. The summed E-state index contributed by atoms with van der Waals surface area (Å²) in [6.45, 7) is -2.79. The number of rotatable bonds is 23. The molecule has 0 unspecified atom stereocenters. The predicted molar refractivity (Wildman–Crippen MR) is 349 cm³/mol. The lowest BCUT2D eigenvalue weighted by molar-refractivity contribution is -0.213. The minimum atomic E-state index is -6.48. The third-order valence-corrected chi connectivity index (χ3v) is 16.2. The number of esters is 5. The van der Waals surface area contributed by atoms with Gasteiger partial charge in [-0.15, -0.1) is 0 Å². The molecule has 0 aromatic heterocycles. The first-order chi connectivity index (χ1) is 51.8. The van der Waals surface area contributed by atoms with Crippen molar-refractivity contribution in [2.45, 2.75) is 22.9 Å². The second-order valence-corrected chi connectivity index (χ2v) is 23.2. The van der Waals surface area contributed by atoms with Gasteiger partial charge in [0.15, 0.2) is 161 Å². The summed E-state index contributed by atoms with van der Waals surface area (Å²) >= 11 is 0. The lowest BCUT2D eigenvalue weighted by atomic mass is 9.57. The van der Waals surface area contributed by atoms with Gasteiger partial charge in [0.25, 0.3) is 22.6 Å². The van der Waals surface area contributed by atoms with Crippen LogP contribution >= 0.6 is 0 Å². The van der Waals surface area contributed by atoms with Crippen LogP contribution in [0.2, 0.25) is 0 Å². The zero-order chi connectivity index (χ0) is 82.6. The van der Waals surface area contributed by atoms with E-state index in [2.05, 4.69) is 0 Å². The Labute approximate surface area is 610 Å². The molecule has 42 nitrogen and oxygen atoms in total. The molecule has 0 aliphatic rings. The van der Waals surface area contributed by atoms with E-state index in [9.17, 15) is 143 Å². The first kappa shape index (κ1) is 78.4. The number of ether oxygens (including phenoxy) is 5. The van der Waals surface area contributed by atoms with E-state index in [0.717, 1.165) is 0 Å². The van der Waals surface area contributed by atoms with E-state index < -0.39 is 294 Å². The number of Topliss-reactive ketones (excluding diaryl/α,β-unsaturated/α-hetero) is 5. The first-order valence-electron chi connectivity index (χ1n) is 29.8. The van der Waals surface area contributed by atoms with Gasteiger partial charge in [0.1, 0.15) is 6.61 Å². The molecule has 27 N–H and O–H groups in total. The summed E-state index contributed by atoms with van der Waals surface area (Å²) in [6.07, 6.45) is -4.52. The Hall–Kier alpha value is -16.7. The van der Waals surface area contributed by atoms with Crippen molar-refractivity contribution in [3.63, 3.8) is 0 Å². The van der Waals surface area contributed by atoms with Crippen LogP contribution < -0.4 is 0 Å². The van der Waals surface area contributed by atoms with E-state index >= 15 is 43.2 Å². The van der Waals surface area contributed by atoms with Crippen molar-refractivity contribution in [3.05, 3.63) is 159 Å². The summed E-state index contributed by atoms with van der Waals surface area (Å²) in [6, 6.07) is -2.13. The monoisotopic (exact) mass is 1550 g/mol. The maximum absolute atomic E-state index is 18.1. The fraction of sp³-hybridized carbons (Fsp3) is 0.0725. The second-order valence-electron chi connectivity index (χ2n) is 23.2. The van der Waals surface area contributed by atoms with Crippen molar-refractivity contribution >= 4 is 58.8 Å². The van der Waals surface area contributed by atoms with E-state index in [1.807, 2.05) is 0 Å². The van der Waals surface area contributed by atoms with Gasteiger partial charge in [-0.05, 0) is 109 Å². The van der Waals surface area contributed by atoms with Gasteiger partial charge in [-0.25, -0.2) is 24.0 Å². The topological polar surface area (TPSA) is 763 Å². The first-order valence-corrected chi connectivity index (χ1v) is 29.8. The lowest BCUT2D eigenvalue weighted by Crippen LogP contribution is -2.85. The van der Waals surface area contributed by atoms with Crippen LogP contribution in [0.1, 0.15) is 93.2 Å². The Balaban J connectivity index is 1.75. The van der Waals surface area contributed by atoms with Gasteiger partial charge in [-0.2, -0.15) is 0 Å². The predicted octanol–water partition coefficient (Wildman–Crippen LogP) is 3.01. The number of aromatic hydroxyl groups is 27. The standard InChI is InChI=1S/C69H48O42/c70-29-1-20(2-30(71)49(29)89)48(88)61(101)68(59(99)22-5-33(74)51(91)34(75)6-22,110-65(105)27-15-43(84)56(96)44(85)16-27)69(60(100)23-7-35(76)52(92)36(77)8-23,111-66(106)28-17-45(86)57(97)46(87)18-28)67(58(98)21-3-31(72)50(90)32(73)4-21,109-64(104)26-13-41(82)55(95)42(83)14-26)47(108-63(103)25-11-39(80)54(94)40(81)12-25)19-107-62(102)24-9-37(78)53(93)38(79)10-24/h1-18,47,70-87,89-97H,19H2/t47-,67+,68+,69+/m1/s1. The number of hydrogen-bond acceptors (Lipinski definition) is 42. The third-order valence-electron chi connectivity index (χ3n) is 16.2. The molecule has 576 valence electrons. The summed E-state index contributed by atoms with van der Waals surface area (Å²) in [5, 5.41) is 296. The Morgan fingerprint density at radius 3 is 0.748 bits per heavy atom. The normalized spacial score (nSPS) is 13.0. The lowest BCUT2D eigenvalue weighted by Gasteiger charge is -2.54. The molecule has 0 fully saturated rings. The van der Waals surface area contributed by atoms with E-state index in [4.69, 9.17) is 23.7 Å². The van der Waals surface area contributed by atoms with Crippen LogP contribution in [-0.2, 0) is 28.5 Å². The zero-order valence-electron chi connectivity index (χ0n) is 54.4.